The zero-order chi connectivity index (χ0) is 32.0. The van der Waals surface area contributed by atoms with E-state index in [1.807, 2.05) is 58.0 Å². The Morgan fingerprint density at radius 3 is 2.38 bits per heavy atom. The summed E-state index contributed by atoms with van der Waals surface area (Å²) in [6.45, 7) is 8.26. The Kier molecular flexibility index (Phi) is 12.7. The van der Waals surface area contributed by atoms with Crippen molar-refractivity contribution in [1.82, 2.24) is 20.3 Å². The standard InChI is InChI=1S/C32H46N4O7S.ClH/c1-23(2)20-36(44(40,41)26-12-13-27-28(16-26)43-22-42-27)32(39,17-24-8-6-5-7-9-24)14-15-33-29(37)18-31(3,4)21-35-30(38)19-34-25-10-11-25;/h5-9,12-13,16,23,25,34,39H,10-11,14-15,17-22H2,1-4H3,(H,33,37)(H,35,38);1H. The largest absolute Gasteiger partial charge is 0.454 e. The molecule has 45 heavy (non-hydrogen) atoms. The molecule has 1 saturated carbocycles. The predicted octanol–water partition coefficient (Wildman–Crippen LogP) is 3.21. The van der Waals surface area contributed by atoms with Crippen LogP contribution in [0.15, 0.2) is 53.4 Å². The van der Waals surface area contributed by atoms with Crippen molar-refractivity contribution in [2.45, 2.75) is 76.5 Å². The summed E-state index contributed by atoms with van der Waals surface area (Å²) in [5, 5.41) is 21.2. The van der Waals surface area contributed by atoms with Crippen molar-refractivity contribution in [1.29, 1.82) is 0 Å². The lowest BCUT2D eigenvalue weighted by atomic mass is 9.88. The number of hydrogen-bond acceptors (Lipinski definition) is 8. The third-order valence-electron chi connectivity index (χ3n) is 7.64. The molecule has 1 atom stereocenters. The monoisotopic (exact) mass is 666 g/mol. The van der Waals surface area contributed by atoms with Crippen molar-refractivity contribution in [3.8, 4) is 11.5 Å². The van der Waals surface area contributed by atoms with Gasteiger partial charge >= 0.3 is 0 Å². The maximum absolute atomic E-state index is 14.1. The molecule has 0 radical (unpaired) electrons. The van der Waals surface area contributed by atoms with E-state index in [-0.39, 0.29) is 80.7 Å². The molecule has 4 rings (SSSR count). The number of halogens is 1. The topological polar surface area (TPSA) is 146 Å². The van der Waals surface area contributed by atoms with Crippen molar-refractivity contribution >= 4 is 34.2 Å². The average molecular weight is 667 g/mol. The number of carbonyl (C=O) groups is 2. The van der Waals surface area contributed by atoms with Gasteiger partial charge in [-0.25, -0.2) is 8.42 Å². The van der Waals surface area contributed by atoms with Crippen LogP contribution in [0.3, 0.4) is 0 Å². The van der Waals surface area contributed by atoms with Gasteiger partial charge < -0.3 is 30.5 Å². The summed E-state index contributed by atoms with van der Waals surface area (Å²) in [6, 6.07) is 14.0. The van der Waals surface area contributed by atoms with Crippen molar-refractivity contribution in [2.75, 3.05) is 33.0 Å². The molecular weight excluding hydrogens is 620 g/mol. The maximum atomic E-state index is 14.1. The van der Waals surface area contributed by atoms with Gasteiger partial charge in [-0.3, -0.25) is 9.59 Å². The van der Waals surface area contributed by atoms with Gasteiger partial charge in [-0.15, -0.1) is 12.4 Å². The molecule has 2 aromatic rings. The van der Waals surface area contributed by atoms with Gasteiger partial charge in [-0.05, 0) is 41.9 Å². The number of nitrogens with zero attached hydrogens (tertiary/aromatic N) is 1. The molecule has 11 nitrogen and oxygen atoms in total. The zero-order valence-corrected chi connectivity index (χ0v) is 28.1. The van der Waals surface area contributed by atoms with E-state index in [1.54, 1.807) is 6.07 Å². The smallest absolute Gasteiger partial charge is 0.245 e. The van der Waals surface area contributed by atoms with E-state index in [0.717, 1.165) is 22.7 Å². The molecule has 0 aromatic heterocycles. The van der Waals surface area contributed by atoms with Gasteiger partial charge in [0.1, 0.15) is 5.72 Å². The van der Waals surface area contributed by atoms with Crippen LogP contribution < -0.4 is 25.4 Å². The van der Waals surface area contributed by atoms with Crippen molar-refractivity contribution in [2.24, 2.45) is 11.3 Å². The normalized spacial score (nSPS) is 15.8. The molecular formula is C32H47ClN4O7S. The molecule has 1 fully saturated rings. The van der Waals surface area contributed by atoms with Crippen LogP contribution >= 0.6 is 12.4 Å². The molecule has 1 aliphatic carbocycles. The van der Waals surface area contributed by atoms with E-state index in [2.05, 4.69) is 16.0 Å². The number of nitrogens with one attached hydrogen (secondary N) is 3. The van der Waals surface area contributed by atoms with E-state index in [0.29, 0.717) is 24.1 Å². The summed E-state index contributed by atoms with van der Waals surface area (Å²) in [5.74, 6) is 0.319. The highest BCUT2D eigenvalue weighted by Gasteiger charge is 2.43. The maximum Gasteiger partial charge on any atom is 0.245 e. The second-order valence-electron chi connectivity index (χ2n) is 13.0. The number of hydrogen-bond donors (Lipinski definition) is 4. The summed E-state index contributed by atoms with van der Waals surface area (Å²) in [4.78, 5) is 25.1. The van der Waals surface area contributed by atoms with E-state index in [4.69, 9.17) is 9.47 Å². The highest BCUT2D eigenvalue weighted by Crippen LogP contribution is 2.37. The third-order valence-corrected chi connectivity index (χ3v) is 9.56. The molecule has 13 heteroatoms. The Morgan fingerprint density at radius 1 is 1.02 bits per heavy atom. The summed E-state index contributed by atoms with van der Waals surface area (Å²) < 4.78 is 40.2. The first-order valence-corrected chi connectivity index (χ1v) is 16.7. The summed E-state index contributed by atoms with van der Waals surface area (Å²) in [7, 11) is -4.21. The lowest BCUT2D eigenvalue weighted by molar-refractivity contribution is -0.125. The van der Waals surface area contributed by atoms with Crippen LogP contribution in [0.2, 0.25) is 0 Å². The fourth-order valence-corrected chi connectivity index (χ4v) is 6.95. The number of aliphatic hydroxyl groups is 1. The number of benzene rings is 2. The SMILES string of the molecule is CC(C)CN(C(O)(CCNC(=O)CC(C)(C)CNC(=O)CNC1CC1)Cc1ccccc1)S(=O)(=O)c1ccc2c(c1)OCO2.Cl. The van der Waals surface area contributed by atoms with Gasteiger partial charge in [-0.1, -0.05) is 58.0 Å². The minimum atomic E-state index is -4.21. The Labute approximate surface area is 272 Å². The number of carbonyl (C=O) groups excluding carboxylic acids is 2. The van der Waals surface area contributed by atoms with Gasteiger partial charge in [-0.2, -0.15) is 4.31 Å². The van der Waals surface area contributed by atoms with E-state index in [9.17, 15) is 23.1 Å². The van der Waals surface area contributed by atoms with Crippen LogP contribution in [0.5, 0.6) is 11.5 Å². The lowest BCUT2D eigenvalue weighted by Gasteiger charge is -2.40. The molecule has 250 valence electrons. The number of amides is 2. The molecule has 2 aromatic carbocycles. The van der Waals surface area contributed by atoms with Crippen LogP contribution in [-0.2, 0) is 26.0 Å². The Morgan fingerprint density at radius 2 is 1.71 bits per heavy atom. The Balaban J connectivity index is 0.00000552. The lowest BCUT2D eigenvalue weighted by Crippen LogP contribution is -2.55. The van der Waals surface area contributed by atoms with Crippen LogP contribution in [0.25, 0.3) is 0 Å². The minimum absolute atomic E-state index is 0. The van der Waals surface area contributed by atoms with Crippen molar-refractivity contribution < 1.29 is 32.6 Å². The second kappa shape index (κ2) is 15.6. The average Bonchev–Trinajstić information content (AvgIpc) is 3.67. The molecule has 1 unspecified atom stereocenters. The van der Waals surface area contributed by atoms with E-state index in [1.165, 1.54) is 12.1 Å². The molecule has 0 bridgehead atoms. The van der Waals surface area contributed by atoms with Crippen molar-refractivity contribution in [3.05, 3.63) is 54.1 Å². The Bertz CT molecular complexity index is 1400. The minimum Gasteiger partial charge on any atom is -0.454 e. The predicted molar refractivity (Wildman–Crippen MR) is 174 cm³/mol. The summed E-state index contributed by atoms with van der Waals surface area (Å²) >= 11 is 0. The molecule has 1 aliphatic heterocycles. The fraction of sp³-hybridized carbons (Fsp3) is 0.562. The van der Waals surface area contributed by atoms with Crippen LogP contribution in [0, 0.1) is 11.3 Å². The molecule has 2 amide bonds. The third kappa shape index (κ3) is 10.6. The van der Waals surface area contributed by atoms with Crippen molar-refractivity contribution in [3.63, 3.8) is 0 Å². The second-order valence-corrected chi connectivity index (χ2v) is 14.8. The first-order valence-electron chi connectivity index (χ1n) is 15.2. The van der Waals surface area contributed by atoms with Gasteiger partial charge in [0, 0.05) is 51.0 Å². The quantitative estimate of drug-likeness (QED) is 0.188. The summed E-state index contributed by atoms with van der Waals surface area (Å²) in [6.07, 6.45) is 2.31. The van der Waals surface area contributed by atoms with Crippen LogP contribution in [-0.4, -0.2) is 74.4 Å². The number of ether oxygens (including phenoxy) is 2. The van der Waals surface area contributed by atoms with Gasteiger partial charge in [0.2, 0.25) is 28.6 Å². The molecule has 4 N–H and O–H groups in total. The van der Waals surface area contributed by atoms with Crippen LogP contribution in [0.1, 0.15) is 58.9 Å². The molecule has 2 aliphatic rings. The molecule has 0 spiro atoms. The number of rotatable bonds is 17. The zero-order valence-electron chi connectivity index (χ0n) is 26.5. The van der Waals surface area contributed by atoms with E-state index < -0.39 is 21.2 Å². The highest BCUT2D eigenvalue weighted by atomic mass is 35.5. The number of sulfonamides is 1. The van der Waals surface area contributed by atoms with Gasteiger partial charge in [0.15, 0.2) is 11.5 Å². The highest BCUT2D eigenvalue weighted by molar-refractivity contribution is 7.89. The first kappa shape index (κ1) is 36.6. The van der Waals surface area contributed by atoms with E-state index >= 15 is 0 Å². The summed E-state index contributed by atoms with van der Waals surface area (Å²) in [5.41, 5.74) is -1.61. The van der Waals surface area contributed by atoms with Gasteiger partial charge in [0.05, 0.1) is 11.4 Å². The van der Waals surface area contributed by atoms with Crippen LogP contribution in [0.4, 0.5) is 0 Å². The number of fused-ring (bicyclic) bond motifs is 1. The van der Waals surface area contributed by atoms with Gasteiger partial charge in [0.25, 0.3) is 0 Å². The first-order chi connectivity index (χ1) is 20.8. The molecule has 1 heterocycles. The fourth-order valence-electron chi connectivity index (χ4n) is 5.10. The molecule has 0 saturated heterocycles. The Hall–Kier alpha value is -2.90.